The zero-order valence-electron chi connectivity index (χ0n) is 13.2. The van der Waals surface area contributed by atoms with Gasteiger partial charge in [-0.25, -0.2) is 14.5 Å². The van der Waals surface area contributed by atoms with Gasteiger partial charge in [0.15, 0.2) is 0 Å². The maximum atomic E-state index is 12.3. The molecule has 2 heterocycles. The van der Waals surface area contributed by atoms with Crippen molar-refractivity contribution in [2.75, 3.05) is 0 Å². The quantitative estimate of drug-likeness (QED) is 0.580. The van der Waals surface area contributed by atoms with Gasteiger partial charge >= 0.3 is 5.97 Å². The zero-order chi connectivity index (χ0) is 18.3. The van der Waals surface area contributed by atoms with Crippen molar-refractivity contribution in [1.29, 1.82) is 0 Å². The number of hydrogen-bond donors (Lipinski definition) is 2. The first kappa shape index (κ1) is 16.0. The standard InChI is InChI=1S/C18H11ClN4O3/c19-14-4-2-1-3-12(14)10-5-6-13-15(7-10)21-18(22-16(13)24)23-9-11(8-20-23)17(25)26/h1-9H,(H,25,26)(H,21,22,24). The summed E-state index contributed by atoms with van der Waals surface area (Å²) in [6, 6.07) is 12.6. The van der Waals surface area contributed by atoms with Crippen LogP contribution in [0, 0.1) is 0 Å². The fourth-order valence-corrected chi connectivity index (χ4v) is 2.89. The Bertz CT molecular complexity index is 1210. The SMILES string of the molecule is O=C(O)c1cnn(-c2nc3cc(-c4ccccc4Cl)ccc3c(=O)[nH]2)c1. The van der Waals surface area contributed by atoms with Gasteiger partial charge in [0.2, 0.25) is 5.95 Å². The number of benzene rings is 2. The second-order valence-electron chi connectivity index (χ2n) is 5.58. The Morgan fingerprint density at radius 2 is 2.00 bits per heavy atom. The number of rotatable bonds is 3. The molecule has 0 unspecified atom stereocenters. The Morgan fingerprint density at radius 3 is 2.73 bits per heavy atom. The van der Waals surface area contributed by atoms with Gasteiger partial charge in [0, 0.05) is 16.8 Å². The molecule has 4 aromatic rings. The van der Waals surface area contributed by atoms with Crippen molar-refractivity contribution in [3.63, 3.8) is 0 Å². The van der Waals surface area contributed by atoms with Crippen molar-refractivity contribution in [3.8, 4) is 17.1 Å². The lowest BCUT2D eigenvalue weighted by atomic mass is 10.0. The summed E-state index contributed by atoms with van der Waals surface area (Å²) in [6.45, 7) is 0. The highest BCUT2D eigenvalue weighted by Crippen LogP contribution is 2.28. The molecule has 2 aromatic carbocycles. The van der Waals surface area contributed by atoms with Gasteiger partial charge in [-0.05, 0) is 23.8 Å². The van der Waals surface area contributed by atoms with Crippen molar-refractivity contribution < 1.29 is 9.90 Å². The van der Waals surface area contributed by atoms with E-state index >= 15 is 0 Å². The second kappa shape index (κ2) is 6.12. The highest BCUT2D eigenvalue weighted by molar-refractivity contribution is 6.33. The predicted molar refractivity (Wildman–Crippen MR) is 96.9 cm³/mol. The van der Waals surface area contributed by atoms with E-state index in [1.54, 1.807) is 24.3 Å². The third-order valence-electron chi connectivity index (χ3n) is 3.93. The van der Waals surface area contributed by atoms with E-state index in [1.807, 2.05) is 18.2 Å². The summed E-state index contributed by atoms with van der Waals surface area (Å²) in [5.74, 6) is -0.980. The van der Waals surface area contributed by atoms with Gasteiger partial charge < -0.3 is 5.11 Å². The summed E-state index contributed by atoms with van der Waals surface area (Å²) < 4.78 is 1.21. The molecule has 2 aromatic heterocycles. The monoisotopic (exact) mass is 366 g/mol. The Balaban J connectivity index is 1.88. The van der Waals surface area contributed by atoms with E-state index in [4.69, 9.17) is 16.7 Å². The average molecular weight is 367 g/mol. The molecule has 2 N–H and O–H groups in total. The molecule has 0 aliphatic carbocycles. The van der Waals surface area contributed by atoms with E-state index in [-0.39, 0.29) is 17.1 Å². The third kappa shape index (κ3) is 2.74. The van der Waals surface area contributed by atoms with Crippen molar-refractivity contribution in [2.24, 2.45) is 0 Å². The highest BCUT2D eigenvalue weighted by atomic mass is 35.5. The van der Waals surface area contributed by atoms with Crippen LogP contribution >= 0.6 is 11.6 Å². The second-order valence-corrected chi connectivity index (χ2v) is 5.99. The summed E-state index contributed by atoms with van der Waals surface area (Å²) in [5.41, 5.74) is 1.75. The molecule has 0 amide bonds. The van der Waals surface area contributed by atoms with Crippen LogP contribution in [0.4, 0.5) is 0 Å². The van der Waals surface area contributed by atoms with E-state index < -0.39 is 5.97 Å². The zero-order valence-corrected chi connectivity index (χ0v) is 13.9. The van der Waals surface area contributed by atoms with Crippen LogP contribution in [0.15, 0.2) is 59.7 Å². The molecule has 0 saturated carbocycles. The molecule has 4 rings (SSSR count). The smallest absolute Gasteiger partial charge is 0.338 e. The Kier molecular flexibility index (Phi) is 3.78. The molecule has 0 spiro atoms. The van der Waals surface area contributed by atoms with Crippen molar-refractivity contribution in [2.45, 2.75) is 0 Å². The first-order chi connectivity index (χ1) is 12.5. The minimum Gasteiger partial charge on any atom is -0.478 e. The molecule has 0 aliphatic heterocycles. The molecule has 0 fully saturated rings. The first-order valence-corrected chi connectivity index (χ1v) is 7.98. The summed E-state index contributed by atoms with van der Waals surface area (Å²) >= 11 is 6.24. The van der Waals surface area contributed by atoms with Gasteiger partial charge in [-0.15, -0.1) is 0 Å². The van der Waals surface area contributed by atoms with Crippen LogP contribution in [0.3, 0.4) is 0 Å². The van der Waals surface area contributed by atoms with E-state index in [1.165, 1.54) is 17.1 Å². The number of carboxylic acids is 1. The molecule has 26 heavy (non-hydrogen) atoms. The highest BCUT2D eigenvalue weighted by Gasteiger charge is 2.12. The van der Waals surface area contributed by atoms with Crippen LogP contribution in [0.5, 0.6) is 0 Å². The lowest BCUT2D eigenvalue weighted by molar-refractivity contribution is 0.0697. The number of aromatic amines is 1. The maximum Gasteiger partial charge on any atom is 0.338 e. The Labute approximate surface area is 151 Å². The van der Waals surface area contributed by atoms with Gasteiger partial charge in [0.1, 0.15) is 0 Å². The van der Waals surface area contributed by atoms with Crippen LogP contribution in [0.1, 0.15) is 10.4 Å². The van der Waals surface area contributed by atoms with Crippen molar-refractivity contribution in [1.82, 2.24) is 19.7 Å². The molecule has 128 valence electrons. The molecular weight excluding hydrogens is 356 g/mol. The van der Waals surface area contributed by atoms with Gasteiger partial charge in [0.05, 0.1) is 22.7 Å². The number of nitrogens with zero attached hydrogens (tertiary/aromatic N) is 3. The minimum absolute atomic E-state index is 0.00226. The Morgan fingerprint density at radius 1 is 1.19 bits per heavy atom. The third-order valence-corrected chi connectivity index (χ3v) is 4.26. The number of nitrogens with one attached hydrogen (secondary N) is 1. The van der Waals surface area contributed by atoms with Crippen LogP contribution in [-0.2, 0) is 0 Å². The first-order valence-electron chi connectivity index (χ1n) is 7.60. The lowest BCUT2D eigenvalue weighted by Crippen LogP contribution is -2.13. The fourth-order valence-electron chi connectivity index (χ4n) is 2.65. The topological polar surface area (TPSA) is 101 Å². The van der Waals surface area contributed by atoms with Crippen LogP contribution in [-0.4, -0.2) is 30.8 Å². The summed E-state index contributed by atoms with van der Waals surface area (Å²) in [4.78, 5) is 30.4. The average Bonchev–Trinajstić information content (AvgIpc) is 3.12. The van der Waals surface area contributed by atoms with Gasteiger partial charge in [-0.2, -0.15) is 5.10 Å². The molecule has 7 nitrogen and oxygen atoms in total. The predicted octanol–water partition coefficient (Wildman–Crippen LogP) is 3.13. The number of carboxylic acid groups (broad SMARTS) is 1. The van der Waals surface area contributed by atoms with Crippen LogP contribution < -0.4 is 5.56 Å². The number of halogens is 1. The molecular formula is C18H11ClN4O3. The summed E-state index contributed by atoms with van der Waals surface area (Å²) in [6.07, 6.45) is 2.47. The molecule has 0 aliphatic rings. The molecule has 0 saturated heterocycles. The minimum atomic E-state index is -1.11. The lowest BCUT2D eigenvalue weighted by Gasteiger charge is -2.07. The number of aromatic nitrogens is 4. The number of hydrogen-bond acceptors (Lipinski definition) is 4. The number of carbonyl (C=O) groups is 1. The molecule has 0 radical (unpaired) electrons. The van der Waals surface area contributed by atoms with Gasteiger partial charge in [-0.3, -0.25) is 9.78 Å². The number of aromatic carboxylic acids is 1. The van der Waals surface area contributed by atoms with Gasteiger partial charge in [-0.1, -0.05) is 35.9 Å². The van der Waals surface area contributed by atoms with E-state index in [2.05, 4.69) is 15.1 Å². The number of H-pyrrole nitrogens is 1. The molecule has 0 atom stereocenters. The van der Waals surface area contributed by atoms with E-state index in [9.17, 15) is 9.59 Å². The summed E-state index contributed by atoms with van der Waals surface area (Å²) in [5, 5.41) is 13.9. The van der Waals surface area contributed by atoms with Crippen LogP contribution in [0.25, 0.3) is 28.0 Å². The van der Waals surface area contributed by atoms with Crippen molar-refractivity contribution >= 4 is 28.5 Å². The molecule has 0 bridgehead atoms. The Hall–Kier alpha value is -3.45. The largest absolute Gasteiger partial charge is 0.478 e. The van der Waals surface area contributed by atoms with E-state index in [0.717, 1.165) is 11.1 Å². The summed E-state index contributed by atoms with van der Waals surface area (Å²) in [7, 11) is 0. The number of fused-ring (bicyclic) bond motifs is 1. The molecule has 8 heteroatoms. The van der Waals surface area contributed by atoms with E-state index in [0.29, 0.717) is 15.9 Å². The van der Waals surface area contributed by atoms with Crippen LogP contribution in [0.2, 0.25) is 5.02 Å². The van der Waals surface area contributed by atoms with Gasteiger partial charge in [0.25, 0.3) is 5.56 Å². The fraction of sp³-hybridized carbons (Fsp3) is 0. The van der Waals surface area contributed by atoms with Crippen molar-refractivity contribution in [3.05, 3.63) is 75.8 Å². The normalized spacial score (nSPS) is 11.0. The maximum absolute atomic E-state index is 12.3.